The molecule has 3 N–H and O–H groups in total. The molecule has 1 amide bonds. The fourth-order valence-electron chi connectivity index (χ4n) is 4.03. The first kappa shape index (κ1) is 25.4. The lowest BCUT2D eigenvalue weighted by atomic mass is 9.86. The Morgan fingerprint density at radius 2 is 1.74 bits per heavy atom. The molecule has 0 fully saturated rings. The third-order valence-electron chi connectivity index (χ3n) is 5.96. The third-order valence-corrected chi connectivity index (χ3v) is 8.41. The van der Waals surface area contributed by atoms with Gasteiger partial charge in [-0.2, -0.15) is 0 Å². The van der Waals surface area contributed by atoms with Gasteiger partial charge in [0.1, 0.15) is 17.5 Å². The van der Waals surface area contributed by atoms with Crippen molar-refractivity contribution < 1.29 is 23.1 Å². The van der Waals surface area contributed by atoms with Gasteiger partial charge in [-0.3, -0.25) is 4.79 Å². The van der Waals surface area contributed by atoms with Crippen molar-refractivity contribution in [3.63, 3.8) is 0 Å². The molecule has 184 valence electrons. The molecule has 3 aromatic carbocycles. The van der Waals surface area contributed by atoms with Crippen LogP contribution in [0.4, 0.5) is 0 Å². The smallest absolute Gasteiger partial charge is 0.251 e. The minimum absolute atomic E-state index is 0.0489. The molecular formula is C26H27BrN2O5S. The van der Waals surface area contributed by atoms with Crippen LogP contribution in [0.2, 0.25) is 0 Å². The summed E-state index contributed by atoms with van der Waals surface area (Å²) in [6.07, 6.45) is -0.522. The van der Waals surface area contributed by atoms with E-state index in [0.717, 1.165) is 5.56 Å². The van der Waals surface area contributed by atoms with E-state index in [1.807, 2.05) is 30.3 Å². The van der Waals surface area contributed by atoms with Crippen molar-refractivity contribution in [3.8, 4) is 5.75 Å². The summed E-state index contributed by atoms with van der Waals surface area (Å²) in [7, 11) is -4.01. The first-order valence-corrected chi connectivity index (χ1v) is 13.5. The molecule has 9 heteroatoms. The van der Waals surface area contributed by atoms with Crippen LogP contribution in [0.5, 0.6) is 5.75 Å². The lowest BCUT2D eigenvalue weighted by molar-refractivity contribution is -0.0603. The molecule has 0 aromatic heterocycles. The minimum Gasteiger partial charge on any atom is -0.485 e. The van der Waals surface area contributed by atoms with Gasteiger partial charge in [-0.1, -0.05) is 42.5 Å². The molecule has 0 unspecified atom stereocenters. The van der Waals surface area contributed by atoms with Gasteiger partial charge in [0.2, 0.25) is 10.0 Å². The van der Waals surface area contributed by atoms with Crippen molar-refractivity contribution in [3.05, 3.63) is 94.0 Å². The van der Waals surface area contributed by atoms with Crippen LogP contribution in [-0.4, -0.2) is 37.7 Å². The number of fused-ring (bicyclic) bond motifs is 1. The fourth-order valence-corrected chi connectivity index (χ4v) is 6.25. The normalized spacial score (nSPS) is 18.9. The molecule has 0 spiro atoms. The Morgan fingerprint density at radius 1 is 1.06 bits per heavy atom. The molecule has 35 heavy (non-hydrogen) atoms. The molecule has 0 bridgehead atoms. The summed E-state index contributed by atoms with van der Waals surface area (Å²) in [5, 5.41) is 13.9. The van der Waals surface area contributed by atoms with E-state index in [9.17, 15) is 18.3 Å². The Bertz CT molecular complexity index is 1330. The summed E-state index contributed by atoms with van der Waals surface area (Å²) < 4.78 is 35.4. The average molecular weight is 559 g/mol. The van der Waals surface area contributed by atoms with Crippen LogP contribution in [0.1, 0.15) is 41.4 Å². The van der Waals surface area contributed by atoms with Gasteiger partial charge in [0.25, 0.3) is 5.91 Å². The summed E-state index contributed by atoms with van der Waals surface area (Å²) in [5.41, 5.74) is 0.784. The summed E-state index contributed by atoms with van der Waals surface area (Å²) in [6.45, 7) is 3.82. The summed E-state index contributed by atoms with van der Waals surface area (Å²) >= 11 is 3.28. The van der Waals surface area contributed by atoms with Crippen molar-refractivity contribution in [2.45, 2.75) is 42.9 Å². The maximum Gasteiger partial charge on any atom is 0.251 e. The van der Waals surface area contributed by atoms with E-state index in [4.69, 9.17) is 4.74 Å². The fraction of sp³-hybridized carbons (Fsp3) is 0.269. The topological polar surface area (TPSA) is 105 Å². The van der Waals surface area contributed by atoms with Gasteiger partial charge in [0.15, 0.2) is 0 Å². The van der Waals surface area contributed by atoms with E-state index in [-0.39, 0.29) is 10.8 Å². The second-order valence-corrected chi connectivity index (χ2v) is 11.5. The average Bonchev–Trinajstić information content (AvgIpc) is 2.82. The van der Waals surface area contributed by atoms with Gasteiger partial charge in [-0.25, -0.2) is 13.1 Å². The van der Waals surface area contributed by atoms with Gasteiger partial charge in [0.05, 0.1) is 10.9 Å². The quantitative estimate of drug-likeness (QED) is 0.407. The number of halogens is 1. The molecule has 0 radical (unpaired) electrons. The van der Waals surface area contributed by atoms with Crippen LogP contribution in [0.25, 0.3) is 0 Å². The zero-order valence-electron chi connectivity index (χ0n) is 19.4. The maximum atomic E-state index is 13.2. The van der Waals surface area contributed by atoms with Crippen LogP contribution in [0.15, 0.2) is 82.2 Å². The van der Waals surface area contributed by atoms with E-state index in [0.29, 0.717) is 34.3 Å². The predicted molar refractivity (Wildman–Crippen MR) is 137 cm³/mol. The molecule has 0 aliphatic carbocycles. The molecule has 7 nitrogen and oxygen atoms in total. The molecule has 1 aliphatic heterocycles. The first-order valence-electron chi connectivity index (χ1n) is 11.2. The summed E-state index contributed by atoms with van der Waals surface area (Å²) in [5.74, 6) is 0.108. The van der Waals surface area contributed by atoms with Crippen molar-refractivity contribution in [2.24, 2.45) is 0 Å². The predicted octanol–water partition coefficient (Wildman–Crippen LogP) is 3.97. The second kappa shape index (κ2) is 10.1. The SMILES string of the molecule is CC1(C)Oc2ccc(C(=O)NCCc3ccccc3)cc2[C@@H](NS(=O)(=O)c2ccccc2Br)[C@@H]1O. The molecule has 0 saturated heterocycles. The molecule has 2 atom stereocenters. The van der Waals surface area contributed by atoms with Crippen LogP contribution in [0, 0.1) is 0 Å². The Hall–Kier alpha value is -2.72. The van der Waals surface area contributed by atoms with Crippen molar-refractivity contribution >= 4 is 31.9 Å². The molecule has 4 rings (SSSR count). The van der Waals surface area contributed by atoms with E-state index in [1.54, 1.807) is 50.2 Å². The number of ether oxygens (including phenoxy) is 1. The second-order valence-electron chi connectivity index (χ2n) is 8.92. The Labute approximate surface area is 213 Å². The van der Waals surface area contributed by atoms with Crippen LogP contribution in [0.3, 0.4) is 0 Å². The molecule has 3 aromatic rings. The highest BCUT2D eigenvalue weighted by atomic mass is 79.9. The third kappa shape index (κ3) is 5.59. The molecule has 1 aliphatic rings. The number of hydrogen-bond acceptors (Lipinski definition) is 5. The van der Waals surface area contributed by atoms with Gasteiger partial charge in [-0.05, 0) is 72.1 Å². The van der Waals surface area contributed by atoms with Crippen LogP contribution >= 0.6 is 15.9 Å². The largest absolute Gasteiger partial charge is 0.485 e. The monoisotopic (exact) mass is 558 g/mol. The molecular weight excluding hydrogens is 532 g/mol. The number of rotatable bonds is 7. The van der Waals surface area contributed by atoms with E-state index in [2.05, 4.69) is 26.0 Å². The van der Waals surface area contributed by atoms with E-state index in [1.165, 1.54) is 6.07 Å². The summed E-state index contributed by atoms with van der Waals surface area (Å²) in [6, 6.07) is 20.1. The van der Waals surface area contributed by atoms with Gasteiger partial charge < -0.3 is 15.2 Å². The highest BCUT2D eigenvalue weighted by Crippen LogP contribution is 2.41. The standard InChI is InChI=1S/C26H27BrN2O5S/c1-26(2)24(30)23(29-35(32,33)22-11-7-6-10-20(22)27)19-16-18(12-13-21(19)34-26)25(31)28-15-14-17-8-4-3-5-9-17/h3-13,16,23-24,29-30H,14-15H2,1-2H3,(H,28,31)/t23-,24+/m1/s1. The summed E-state index contributed by atoms with van der Waals surface area (Å²) in [4.78, 5) is 12.9. The van der Waals surface area contributed by atoms with E-state index < -0.39 is 27.8 Å². The number of hydrogen-bond donors (Lipinski definition) is 3. The number of aliphatic hydroxyl groups is 1. The van der Waals surface area contributed by atoms with Crippen LogP contribution < -0.4 is 14.8 Å². The number of carbonyl (C=O) groups excluding carboxylic acids is 1. The van der Waals surface area contributed by atoms with E-state index >= 15 is 0 Å². The van der Waals surface area contributed by atoms with Crippen molar-refractivity contribution in [2.75, 3.05) is 6.54 Å². The number of sulfonamides is 1. The van der Waals surface area contributed by atoms with Gasteiger partial charge >= 0.3 is 0 Å². The number of benzene rings is 3. The van der Waals surface area contributed by atoms with Crippen LogP contribution in [-0.2, 0) is 16.4 Å². The minimum atomic E-state index is -4.01. The Balaban J connectivity index is 1.60. The lowest BCUT2D eigenvalue weighted by Crippen LogP contribution is -2.53. The number of amides is 1. The zero-order chi connectivity index (χ0) is 25.2. The molecule has 0 saturated carbocycles. The first-order chi connectivity index (χ1) is 16.6. The Morgan fingerprint density at radius 3 is 2.46 bits per heavy atom. The highest BCUT2D eigenvalue weighted by Gasteiger charge is 2.45. The molecule has 1 heterocycles. The van der Waals surface area contributed by atoms with Crippen molar-refractivity contribution in [1.82, 2.24) is 10.0 Å². The number of nitrogens with one attached hydrogen (secondary N) is 2. The maximum absolute atomic E-state index is 13.2. The highest BCUT2D eigenvalue weighted by molar-refractivity contribution is 9.10. The lowest BCUT2D eigenvalue weighted by Gasteiger charge is -2.42. The van der Waals surface area contributed by atoms with Gasteiger partial charge in [0, 0.05) is 22.1 Å². The van der Waals surface area contributed by atoms with Crippen molar-refractivity contribution in [1.29, 1.82) is 0 Å². The van der Waals surface area contributed by atoms with Gasteiger partial charge in [-0.15, -0.1) is 0 Å². The number of aliphatic hydroxyl groups excluding tert-OH is 1. The number of carbonyl (C=O) groups is 1. The Kier molecular flexibility index (Phi) is 7.32. The zero-order valence-corrected chi connectivity index (χ0v) is 21.8.